The minimum absolute atomic E-state index is 0.0253. The third-order valence-electron chi connectivity index (χ3n) is 4.03. The molecule has 23 heavy (non-hydrogen) atoms. The standard InChI is InChI=1S/C18H20N2O2S/c1-4-12-5-7-13(8-6-12)17-14(9-16(21)22)20-15(11(2)3)10-23-18(20)19-17/h5-8,10-11H,4,9H2,1-3H3,(H,21,22). The molecule has 0 amide bonds. The van der Waals surface area contributed by atoms with Gasteiger partial charge in [0.1, 0.15) is 0 Å². The number of carboxylic acids is 1. The monoisotopic (exact) mass is 328 g/mol. The highest BCUT2D eigenvalue weighted by Crippen LogP contribution is 2.31. The molecule has 0 saturated carbocycles. The first kappa shape index (κ1) is 15.7. The van der Waals surface area contributed by atoms with Crippen molar-refractivity contribution < 1.29 is 9.90 Å². The van der Waals surface area contributed by atoms with Crippen LogP contribution in [-0.2, 0) is 17.6 Å². The topological polar surface area (TPSA) is 54.6 Å². The SMILES string of the molecule is CCc1ccc(-c2nc3scc(C(C)C)n3c2CC(=O)O)cc1. The molecule has 0 aliphatic carbocycles. The van der Waals surface area contributed by atoms with Gasteiger partial charge in [-0.15, -0.1) is 11.3 Å². The Hall–Kier alpha value is -2.14. The van der Waals surface area contributed by atoms with Crippen LogP contribution in [0, 0.1) is 0 Å². The van der Waals surface area contributed by atoms with Crippen LogP contribution < -0.4 is 0 Å². The van der Waals surface area contributed by atoms with Crippen LogP contribution in [0.3, 0.4) is 0 Å². The lowest BCUT2D eigenvalue weighted by Crippen LogP contribution is -2.06. The number of nitrogens with zero attached hydrogens (tertiary/aromatic N) is 2. The number of imidazole rings is 1. The van der Waals surface area contributed by atoms with Gasteiger partial charge in [0.05, 0.1) is 17.8 Å². The number of aliphatic carboxylic acids is 1. The second-order valence-electron chi connectivity index (χ2n) is 5.96. The molecule has 0 aliphatic heterocycles. The van der Waals surface area contributed by atoms with E-state index in [9.17, 15) is 9.90 Å². The van der Waals surface area contributed by atoms with Crippen LogP contribution in [-0.4, -0.2) is 20.5 Å². The molecule has 0 fully saturated rings. The molecule has 0 bridgehead atoms. The predicted molar refractivity (Wildman–Crippen MR) is 93.3 cm³/mol. The number of hydrogen-bond acceptors (Lipinski definition) is 3. The van der Waals surface area contributed by atoms with Crippen molar-refractivity contribution in [1.29, 1.82) is 0 Å². The van der Waals surface area contributed by atoms with Gasteiger partial charge in [0.2, 0.25) is 0 Å². The fourth-order valence-corrected chi connectivity index (χ4v) is 3.84. The summed E-state index contributed by atoms with van der Waals surface area (Å²) >= 11 is 1.57. The number of carbonyl (C=O) groups is 1. The lowest BCUT2D eigenvalue weighted by molar-refractivity contribution is -0.136. The normalized spacial score (nSPS) is 11.5. The van der Waals surface area contributed by atoms with Crippen molar-refractivity contribution in [2.45, 2.75) is 39.5 Å². The largest absolute Gasteiger partial charge is 0.481 e. The van der Waals surface area contributed by atoms with Crippen LogP contribution >= 0.6 is 11.3 Å². The molecule has 2 aromatic heterocycles. The van der Waals surface area contributed by atoms with E-state index in [0.29, 0.717) is 5.92 Å². The fourth-order valence-electron chi connectivity index (χ4n) is 2.77. The summed E-state index contributed by atoms with van der Waals surface area (Å²) in [4.78, 5) is 16.9. The highest BCUT2D eigenvalue weighted by molar-refractivity contribution is 7.15. The van der Waals surface area contributed by atoms with Crippen LogP contribution in [0.1, 0.15) is 43.6 Å². The average Bonchev–Trinajstić information content (AvgIpc) is 3.07. The Labute approximate surface area is 139 Å². The van der Waals surface area contributed by atoms with E-state index in [0.717, 1.165) is 34.0 Å². The van der Waals surface area contributed by atoms with E-state index >= 15 is 0 Å². The summed E-state index contributed by atoms with van der Waals surface area (Å²) in [6.45, 7) is 6.34. The molecular formula is C18H20N2O2S. The molecule has 5 heteroatoms. The first-order valence-corrected chi connectivity index (χ1v) is 8.69. The van der Waals surface area contributed by atoms with Crippen molar-refractivity contribution in [3.63, 3.8) is 0 Å². The molecule has 0 spiro atoms. The molecule has 0 radical (unpaired) electrons. The zero-order valence-corrected chi connectivity index (χ0v) is 14.4. The summed E-state index contributed by atoms with van der Waals surface area (Å²) in [6, 6.07) is 8.23. The van der Waals surface area contributed by atoms with E-state index in [4.69, 9.17) is 4.98 Å². The molecule has 1 aromatic carbocycles. The second kappa shape index (κ2) is 6.16. The molecule has 3 rings (SSSR count). The van der Waals surface area contributed by atoms with Gasteiger partial charge in [-0.1, -0.05) is 45.0 Å². The van der Waals surface area contributed by atoms with Crippen molar-refractivity contribution in [3.05, 3.63) is 46.6 Å². The number of thiazole rings is 1. The Kier molecular flexibility index (Phi) is 4.22. The van der Waals surface area contributed by atoms with Gasteiger partial charge in [-0.05, 0) is 17.9 Å². The van der Waals surface area contributed by atoms with Crippen LogP contribution in [0.4, 0.5) is 0 Å². The molecule has 4 nitrogen and oxygen atoms in total. The lowest BCUT2D eigenvalue weighted by atomic mass is 10.0. The smallest absolute Gasteiger partial charge is 0.309 e. The molecule has 1 N–H and O–H groups in total. The minimum Gasteiger partial charge on any atom is -0.481 e. The van der Waals surface area contributed by atoms with E-state index in [2.05, 4.69) is 38.3 Å². The molecule has 0 atom stereocenters. The van der Waals surface area contributed by atoms with E-state index in [-0.39, 0.29) is 6.42 Å². The van der Waals surface area contributed by atoms with Gasteiger partial charge in [-0.3, -0.25) is 9.20 Å². The Bertz CT molecular complexity index is 844. The number of hydrogen-bond donors (Lipinski definition) is 1. The molecule has 2 heterocycles. The van der Waals surface area contributed by atoms with E-state index in [1.807, 2.05) is 16.5 Å². The summed E-state index contributed by atoms with van der Waals surface area (Å²) in [7, 11) is 0. The Morgan fingerprint density at radius 3 is 2.57 bits per heavy atom. The summed E-state index contributed by atoms with van der Waals surface area (Å²) in [5.74, 6) is -0.514. The maximum Gasteiger partial charge on any atom is 0.309 e. The summed E-state index contributed by atoms with van der Waals surface area (Å²) in [6.07, 6.45) is 0.959. The van der Waals surface area contributed by atoms with Crippen molar-refractivity contribution in [2.75, 3.05) is 0 Å². The fraction of sp³-hybridized carbons (Fsp3) is 0.333. The lowest BCUT2D eigenvalue weighted by Gasteiger charge is -2.08. The first-order valence-electron chi connectivity index (χ1n) is 7.81. The Morgan fingerprint density at radius 1 is 1.30 bits per heavy atom. The third kappa shape index (κ3) is 2.88. The highest BCUT2D eigenvalue weighted by Gasteiger charge is 2.21. The molecule has 3 aromatic rings. The van der Waals surface area contributed by atoms with Crippen LogP contribution in [0.2, 0.25) is 0 Å². The zero-order valence-electron chi connectivity index (χ0n) is 13.5. The van der Waals surface area contributed by atoms with Gasteiger partial charge >= 0.3 is 5.97 Å². The van der Waals surface area contributed by atoms with Gasteiger partial charge in [-0.2, -0.15) is 0 Å². The van der Waals surface area contributed by atoms with Crippen LogP contribution in [0.15, 0.2) is 29.6 Å². The summed E-state index contributed by atoms with van der Waals surface area (Å²) in [5, 5.41) is 11.4. The molecular weight excluding hydrogens is 308 g/mol. The Morgan fingerprint density at radius 2 is 2.00 bits per heavy atom. The average molecular weight is 328 g/mol. The van der Waals surface area contributed by atoms with Gasteiger partial charge in [0.15, 0.2) is 4.96 Å². The molecule has 0 saturated heterocycles. The van der Waals surface area contributed by atoms with Gasteiger partial charge in [0.25, 0.3) is 0 Å². The number of carboxylic acid groups (broad SMARTS) is 1. The summed E-state index contributed by atoms with van der Waals surface area (Å²) < 4.78 is 2.02. The first-order chi connectivity index (χ1) is 11.0. The van der Waals surface area contributed by atoms with Gasteiger partial charge in [0, 0.05) is 16.6 Å². The number of aryl methyl sites for hydroxylation is 1. The maximum absolute atomic E-state index is 11.4. The number of benzene rings is 1. The van der Waals surface area contributed by atoms with Crippen molar-refractivity contribution in [3.8, 4) is 11.3 Å². The van der Waals surface area contributed by atoms with Gasteiger partial charge < -0.3 is 5.11 Å². The molecule has 0 unspecified atom stereocenters. The number of fused-ring (bicyclic) bond motifs is 1. The van der Waals surface area contributed by atoms with E-state index in [1.54, 1.807) is 11.3 Å². The van der Waals surface area contributed by atoms with Crippen molar-refractivity contribution >= 4 is 22.3 Å². The Balaban J connectivity index is 2.20. The maximum atomic E-state index is 11.4. The van der Waals surface area contributed by atoms with E-state index in [1.165, 1.54) is 5.56 Å². The quantitative estimate of drug-likeness (QED) is 0.756. The second-order valence-corrected chi connectivity index (χ2v) is 6.80. The van der Waals surface area contributed by atoms with Crippen molar-refractivity contribution in [2.24, 2.45) is 0 Å². The molecule has 0 aliphatic rings. The van der Waals surface area contributed by atoms with E-state index < -0.39 is 5.97 Å². The van der Waals surface area contributed by atoms with Crippen LogP contribution in [0.25, 0.3) is 16.2 Å². The van der Waals surface area contributed by atoms with Crippen LogP contribution in [0.5, 0.6) is 0 Å². The summed E-state index contributed by atoms with van der Waals surface area (Å²) in [5.41, 5.74) is 4.90. The third-order valence-corrected chi connectivity index (χ3v) is 4.88. The predicted octanol–water partition coefficient (Wildman–Crippen LogP) is 4.38. The number of rotatable bonds is 5. The molecule has 120 valence electrons. The highest BCUT2D eigenvalue weighted by atomic mass is 32.1. The van der Waals surface area contributed by atoms with Crippen molar-refractivity contribution in [1.82, 2.24) is 9.38 Å². The minimum atomic E-state index is -0.834. The number of aromatic nitrogens is 2. The van der Waals surface area contributed by atoms with Gasteiger partial charge in [-0.25, -0.2) is 4.98 Å². The zero-order chi connectivity index (χ0) is 16.6.